The lowest BCUT2D eigenvalue weighted by Gasteiger charge is -2.24. The van der Waals surface area contributed by atoms with Crippen LogP contribution in [0, 0.1) is 0 Å². The second-order valence-corrected chi connectivity index (χ2v) is 7.82. The number of nitrogens with one attached hydrogen (secondary N) is 2. The second kappa shape index (κ2) is 9.80. The predicted octanol–water partition coefficient (Wildman–Crippen LogP) is 3.04. The molecule has 31 heavy (non-hydrogen) atoms. The first-order chi connectivity index (χ1) is 14.8. The Morgan fingerprint density at radius 2 is 1.65 bits per heavy atom. The van der Waals surface area contributed by atoms with Gasteiger partial charge in [0.05, 0.1) is 6.10 Å². The summed E-state index contributed by atoms with van der Waals surface area (Å²) in [4.78, 5) is 40.6. The minimum atomic E-state index is -0.824. The molecule has 164 valence electrons. The fourth-order valence-corrected chi connectivity index (χ4v) is 3.43. The average Bonchev–Trinajstić information content (AvgIpc) is 3.17. The highest BCUT2D eigenvalue weighted by Crippen LogP contribution is 2.22. The van der Waals surface area contributed by atoms with Gasteiger partial charge in [-0.25, -0.2) is 4.79 Å². The Kier molecular flexibility index (Phi) is 7.14. The van der Waals surface area contributed by atoms with Crippen LogP contribution in [0.15, 0.2) is 48.5 Å². The van der Waals surface area contributed by atoms with Crippen molar-refractivity contribution in [3.63, 3.8) is 0 Å². The standard InChI is InChI=1S/C22H25ClN4O4/c1-3-26(2)21(30)14-4-8-16(9-5-14)24-20(29)19-12-18(28)13-27(19)22(31)25-17-10-6-15(23)7-11-17/h4-11,18-19,28H,3,12-13H2,1-2H3,(H,24,29)(H,25,31). The van der Waals surface area contributed by atoms with Crippen LogP contribution < -0.4 is 10.6 Å². The van der Waals surface area contributed by atoms with Crippen LogP contribution in [0.25, 0.3) is 0 Å². The first-order valence-corrected chi connectivity index (χ1v) is 10.3. The molecular weight excluding hydrogens is 420 g/mol. The summed E-state index contributed by atoms with van der Waals surface area (Å²) < 4.78 is 0. The predicted molar refractivity (Wildman–Crippen MR) is 119 cm³/mol. The van der Waals surface area contributed by atoms with Gasteiger partial charge in [0.15, 0.2) is 0 Å². The van der Waals surface area contributed by atoms with Crippen LogP contribution in [0.4, 0.5) is 16.2 Å². The van der Waals surface area contributed by atoms with Gasteiger partial charge in [0.25, 0.3) is 5.91 Å². The Labute approximate surface area is 185 Å². The third kappa shape index (κ3) is 5.53. The van der Waals surface area contributed by atoms with Gasteiger partial charge in [-0.15, -0.1) is 0 Å². The van der Waals surface area contributed by atoms with Crippen LogP contribution in [-0.4, -0.2) is 65.0 Å². The van der Waals surface area contributed by atoms with Gasteiger partial charge in [-0.05, 0) is 55.5 Å². The molecule has 0 saturated carbocycles. The van der Waals surface area contributed by atoms with Gasteiger partial charge < -0.3 is 25.5 Å². The van der Waals surface area contributed by atoms with E-state index < -0.39 is 24.1 Å². The SMILES string of the molecule is CCN(C)C(=O)c1ccc(NC(=O)C2CC(O)CN2C(=O)Nc2ccc(Cl)cc2)cc1. The van der Waals surface area contributed by atoms with Crippen molar-refractivity contribution in [2.24, 2.45) is 0 Å². The largest absolute Gasteiger partial charge is 0.391 e. The molecule has 3 N–H and O–H groups in total. The Balaban J connectivity index is 1.66. The number of aliphatic hydroxyl groups is 1. The normalized spacial score (nSPS) is 17.9. The zero-order valence-corrected chi connectivity index (χ0v) is 18.1. The van der Waals surface area contributed by atoms with Crippen LogP contribution in [0.2, 0.25) is 5.02 Å². The van der Waals surface area contributed by atoms with E-state index in [0.717, 1.165) is 0 Å². The molecule has 1 heterocycles. The number of β-amino-alcohol motifs (C(OH)–C–C–N with tert-alkyl or cyclic N) is 1. The van der Waals surface area contributed by atoms with Gasteiger partial charge in [0.1, 0.15) is 6.04 Å². The minimum absolute atomic E-state index is 0.0499. The highest BCUT2D eigenvalue weighted by Gasteiger charge is 2.39. The van der Waals surface area contributed by atoms with Crippen LogP contribution in [0.3, 0.4) is 0 Å². The number of anilines is 2. The fourth-order valence-electron chi connectivity index (χ4n) is 3.30. The Morgan fingerprint density at radius 1 is 1.06 bits per heavy atom. The molecule has 8 nitrogen and oxygen atoms in total. The van der Waals surface area contributed by atoms with E-state index in [-0.39, 0.29) is 18.9 Å². The van der Waals surface area contributed by atoms with Crippen LogP contribution in [0.1, 0.15) is 23.7 Å². The van der Waals surface area contributed by atoms with Gasteiger partial charge in [-0.3, -0.25) is 9.59 Å². The van der Waals surface area contributed by atoms with Crippen molar-refractivity contribution >= 4 is 40.8 Å². The second-order valence-electron chi connectivity index (χ2n) is 7.38. The molecule has 9 heteroatoms. The number of rotatable bonds is 5. The third-order valence-electron chi connectivity index (χ3n) is 5.16. The van der Waals surface area contributed by atoms with Gasteiger partial charge in [-0.1, -0.05) is 11.6 Å². The maximum Gasteiger partial charge on any atom is 0.322 e. The number of aliphatic hydroxyl groups excluding tert-OH is 1. The van der Waals surface area contributed by atoms with Crippen molar-refractivity contribution in [1.29, 1.82) is 0 Å². The summed E-state index contributed by atoms with van der Waals surface area (Å²) in [7, 11) is 1.72. The van der Waals surface area contributed by atoms with Crippen molar-refractivity contribution in [1.82, 2.24) is 9.80 Å². The van der Waals surface area contributed by atoms with Crippen LogP contribution >= 0.6 is 11.6 Å². The lowest BCUT2D eigenvalue weighted by atomic mass is 10.1. The number of carbonyl (C=O) groups excluding carboxylic acids is 3. The van der Waals surface area contributed by atoms with E-state index in [1.54, 1.807) is 60.5 Å². The van der Waals surface area contributed by atoms with Crippen LogP contribution in [0.5, 0.6) is 0 Å². The average molecular weight is 445 g/mol. The summed E-state index contributed by atoms with van der Waals surface area (Å²) >= 11 is 5.86. The number of amides is 4. The van der Waals surface area contributed by atoms with Crippen LogP contribution in [-0.2, 0) is 4.79 Å². The number of benzene rings is 2. The molecule has 2 atom stereocenters. The molecule has 0 spiro atoms. The van der Waals surface area contributed by atoms with E-state index in [4.69, 9.17) is 11.6 Å². The zero-order chi connectivity index (χ0) is 22.5. The highest BCUT2D eigenvalue weighted by molar-refractivity contribution is 6.30. The number of hydrogen-bond acceptors (Lipinski definition) is 4. The van der Waals surface area contributed by atoms with Crippen molar-refractivity contribution < 1.29 is 19.5 Å². The lowest BCUT2D eigenvalue weighted by molar-refractivity contribution is -0.119. The quantitative estimate of drug-likeness (QED) is 0.659. The van der Waals surface area contributed by atoms with E-state index in [2.05, 4.69) is 10.6 Å². The lowest BCUT2D eigenvalue weighted by Crippen LogP contribution is -2.45. The molecule has 0 aromatic heterocycles. The molecular formula is C22H25ClN4O4. The number of carbonyl (C=O) groups is 3. The minimum Gasteiger partial charge on any atom is -0.391 e. The molecule has 1 aliphatic rings. The molecule has 2 aromatic rings. The molecule has 3 rings (SSSR count). The summed E-state index contributed by atoms with van der Waals surface area (Å²) in [6.45, 7) is 2.53. The van der Waals surface area contributed by atoms with Gasteiger partial charge in [-0.2, -0.15) is 0 Å². The van der Waals surface area contributed by atoms with E-state index >= 15 is 0 Å². The van der Waals surface area contributed by atoms with Crippen molar-refractivity contribution in [3.8, 4) is 0 Å². The highest BCUT2D eigenvalue weighted by atomic mass is 35.5. The molecule has 0 radical (unpaired) electrons. The van der Waals surface area contributed by atoms with Crippen molar-refractivity contribution in [2.75, 3.05) is 30.8 Å². The Morgan fingerprint density at radius 3 is 2.26 bits per heavy atom. The molecule has 2 unspecified atom stereocenters. The van der Waals surface area contributed by atoms with Crippen molar-refractivity contribution in [3.05, 3.63) is 59.1 Å². The fraction of sp³-hybridized carbons (Fsp3) is 0.318. The molecule has 1 fully saturated rings. The van der Waals surface area contributed by atoms with Gasteiger partial charge >= 0.3 is 6.03 Å². The van der Waals surface area contributed by atoms with Crippen molar-refractivity contribution in [2.45, 2.75) is 25.5 Å². The maximum atomic E-state index is 12.8. The zero-order valence-electron chi connectivity index (χ0n) is 17.3. The number of urea groups is 1. The number of hydrogen-bond donors (Lipinski definition) is 3. The number of halogens is 1. The molecule has 1 saturated heterocycles. The molecule has 0 bridgehead atoms. The van der Waals surface area contributed by atoms with Gasteiger partial charge in [0, 0.05) is 48.5 Å². The Bertz CT molecular complexity index is 949. The molecule has 0 aliphatic carbocycles. The number of nitrogens with zero attached hydrogens (tertiary/aromatic N) is 2. The first-order valence-electron chi connectivity index (χ1n) is 9.96. The third-order valence-corrected chi connectivity index (χ3v) is 5.41. The Hall–Kier alpha value is -3.10. The molecule has 2 aromatic carbocycles. The molecule has 1 aliphatic heterocycles. The van der Waals surface area contributed by atoms with E-state index in [9.17, 15) is 19.5 Å². The summed E-state index contributed by atoms with van der Waals surface area (Å²) in [6.07, 6.45) is -0.658. The smallest absolute Gasteiger partial charge is 0.322 e. The van der Waals surface area contributed by atoms with E-state index in [0.29, 0.717) is 28.5 Å². The van der Waals surface area contributed by atoms with Gasteiger partial charge in [0.2, 0.25) is 5.91 Å². The monoisotopic (exact) mass is 444 g/mol. The summed E-state index contributed by atoms with van der Waals surface area (Å²) in [5.41, 5.74) is 1.55. The first kappa shape index (κ1) is 22.6. The van der Waals surface area contributed by atoms with E-state index in [1.165, 1.54) is 4.90 Å². The van der Waals surface area contributed by atoms with E-state index in [1.807, 2.05) is 6.92 Å². The maximum absolute atomic E-state index is 12.8. The molecule has 4 amide bonds. The number of likely N-dealkylation sites (tertiary alicyclic amines) is 1. The topological polar surface area (TPSA) is 102 Å². The summed E-state index contributed by atoms with van der Waals surface area (Å²) in [6, 6.07) is 11.8. The summed E-state index contributed by atoms with van der Waals surface area (Å²) in [5, 5.41) is 16.1. The summed E-state index contributed by atoms with van der Waals surface area (Å²) in [5.74, 6) is -0.517.